The predicted octanol–water partition coefficient (Wildman–Crippen LogP) is 4.51. The summed E-state index contributed by atoms with van der Waals surface area (Å²) in [6.07, 6.45) is 2.40. The second-order valence-corrected chi connectivity index (χ2v) is 8.12. The SMILES string of the molecule is COc1ccc(-c2csc(NC(=O)CNC(c3ccccc3)C3CC3)n2)c(OC)c1. The summed E-state index contributed by atoms with van der Waals surface area (Å²) in [5.41, 5.74) is 2.84. The minimum absolute atomic E-state index is 0.0980. The zero-order chi connectivity index (χ0) is 20.9. The van der Waals surface area contributed by atoms with Crippen LogP contribution in [0.2, 0.25) is 0 Å². The highest BCUT2D eigenvalue weighted by atomic mass is 32.1. The van der Waals surface area contributed by atoms with Crippen molar-refractivity contribution in [3.05, 3.63) is 59.5 Å². The van der Waals surface area contributed by atoms with Crippen molar-refractivity contribution in [1.29, 1.82) is 0 Å². The zero-order valence-corrected chi connectivity index (χ0v) is 17.9. The first-order valence-corrected chi connectivity index (χ1v) is 10.8. The molecule has 1 heterocycles. The molecule has 0 bridgehead atoms. The van der Waals surface area contributed by atoms with E-state index in [1.807, 2.05) is 41.8 Å². The van der Waals surface area contributed by atoms with Gasteiger partial charge in [-0.15, -0.1) is 11.3 Å². The Bertz CT molecular complexity index is 1000. The number of anilines is 1. The molecule has 1 unspecified atom stereocenters. The molecular weight excluding hydrogens is 398 g/mol. The van der Waals surface area contributed by atoms with E-state index in [1.54, 1.807) is 14.2 Å². The Balaban J connectivity index is 1.38. The van der Waals surface area contributed by atoms with E-state index >= 15 is 0 Å². The lowest BCUT2D eigenvalue weighted by Crippen LogP contribution is -2.32. The standard InChI is InChI=1S/C23H25N3O3S/c1-28-17-10-11-18(20(12-17)29-2)19-14-30-23(25-19)26-21(27)13-24-22(16-8-9-16)15-6-4-3-5-7-15/h3-7,10-12,14,16,22,24H,8-9,13H2,1-2H3,(H,25,26,27). The van der Waals surface area contributed by atoms with Gasteiger partial charge < -0.3 is 20.1 Å². The summed E-state index contributed by atoms with van der Waals surface area (Å²) in [5, 5.41) is 8.79. The third-order valence-corrected chi connectivity index (χ3v) is 5.93. The van der Waals surface area contributed by atoms with Crippen molar-refractivity contribution >= 4 is 22.4 Å². The maximum absolute atomic E-state index is 12.5. The zero-order valence-electron chi connectivity index (χ0n) is 17.1. The van der Waals surface area contributed by atoms with Crippen LogP contribution >= 0.6 is 11.3 Å². The van der Waals surface area contributed by atoms with Gasteiger partial charge in [-0.1, -0.05) is 30.3 Å². The van der Waals surface area contributed by atoms with Gasteiger partial charge in [0.15, 0.2) is 5.13 Å². The van der Waals surface area contributed by atoms with Gasteiger partial charge in [-0.2, -0.15) is 0 Å². The molecule has 7 heteroatoms. The van der Waals surface area contributed by atoms with E-state index < -0.39 is 0 Å². The molecule has 0 saturated heterocycles. The number of methoxy groups -OCH3 is 2. The number of aromatic nitrogens is 1. The van der Waals surface area contributed by atoms with Crippen LogP contribution in [0, 0.1) is 5.92 Å². The Kier molecular flexibility index (Phi) is 6.30. The molecule has 30 heavy (non-hydrogen) atoms. The summed E-state index contributed by atoms with van der Waals surface area (Å²) in [4.78, 5) is 17.1. The second kappa shape index (κ2) is 9.28. The molecule has 4 rings (SSSR count). The van der Waals surface area contributed by atoms with Crippen molar-refractivity contribution in [2.24, 2.45) is 5.92 Å². The van der Waals surface area contributed by atoms with Crippen molar-refractivity contribution in [1.82, 2.24) is 10.3 Å². The van der Waals surface area contributed by atoms with Crippen LogP contribution in [0.4, 0.5) is 5.13 Å². The minimum atomic E-state index is -0.0980. The number of nitrogens with zero attached hydrogens (tertiary/aromatic N) is 1. The molecule has 1 amide bonds. The van der Waals surface area contributed by atoms with E-state index in [9.17, 15) is 4.79 Å². The third kappa shape index (κ3) is 4.80. The normalized spacial score (nSPS) is 14.2. The van der Waals surface area contributed by atoms with Crippen molar-refractivity contribution in [2.75, 3.05) is 26.1 Å². The molecule has 1 aliphatic rings. The van der Waals surface area contributed by atoms with Gasteiger partial charge in [0.25, 0.3) is 0 Å². The summed E-state index contributed by atoms with van der Waals surface area (Å²) in [7, 11) is 3.23. The molecule has 0 aliphatic heterocycles. The molecule has 1 saturated carbocycles. The number of hydrogen-bond acceptors (Lipinski definition) is 6. The fraction of sp³-hybridized carbons (Fsp3) is 0.304. The summed E-state index contributed by atoms with van der Waals surface area (Å²) < 4.78 is 10.7. The van der Waals surface area contributed by atoms with Gasteiger partial charge in [0, 0.05) is 23.1 Å². The molecule has 2 aromatic carbocycles. The molecule has 0 spiro atoms. The molecule has 156 valence electrons. The van der Waals surface area contributed by atoms with E-state index in [0.717, 1.165) is 11.3 Å². The van der Waals surface area contributed by atoms with E-state index in [2.05, 4.69) is 27.8 Å². The lowest BCUT2D eigenvalue weighted by molar-refractivity contribution is -0.115. The first-order valence-electron chi connectivity index (χ1n) is 9.94. The smallest absolute Gasteiger partial charge is 0.240 e. The van der Waals surface area contributed by atoms with Crippen LogP contribution in [0.15, 0.2) is 53.9 Å². The van der Waals surface area contributed by atoms with E-state index in [0.29, 0.717) is 22.5 Å². The highest BCUT2D eigenvalue weighted by Gasteiger charge is 2.32. The van der Waals surface area contributed by atoms with Crippen molar-refractivity contribution in [3.8, 4) is 22.8 Å². The van der Waals surface area contributed by atoms with Crippen molar-refractivity contribution < 1.29 is 14.3 Å². The lowest BCUT2D eigenvalue weighted by Gasteiger charge is -2.18. The average molecular weight is 424 g/mol. The van der Waals surface area contributed by atoms with Gasteiger partial charge in [0.1, 0.15) is 11.5 Å². The van der Waals surface area contributed by atoms with E-state index in [-0.39, 0.29) is 18.5 Å². The lowest BCUT2D eigenvalue weighted by atomic mass is 10.0. The molecule has 1 aromatic heterocycles. The van der Waals surface area contributed by atoms with Crippen LogP contribution in [0.1, 0.15) is 24.4 Å². The summed E-state index contributed by atoms with van der Waals surface area (Å²) in [6.45, 7) is 0.247. The number of hydrogen-bond donors (Lipinski definition) is 2. The average Bonchev–Trinajstić information content (AvgIpc) is 3.52. The van der Waals surface area contributed by atoms with Gasteiger partial charge in [-0.25, -0.2) is 4.98 Å². The molecular formula is C23H25N3O3S. The predicted molar refractivity (Wildman–Crippen MR) is 119 cm³/mol. The Labute approximate surface area is 180 Å². The summed E-state index contributed by atoms with van der Waals surface area (Å²) in [5.74, 6) is 1.90. The summed E-state index contributed by atoms with van der Waals surface area (Å²) >= 11 is 1.39. The Morgan fingerprint density at radius 1 is 1.17 bits per heavy atom. The first-order chi connectivity index (χ1) is 14.7. The van der Waals surface area contributed by atoms with Gasteiger partial charge in [-0.05, 0) is 36.5 Å². The van der Waals surface area contributed by atoms with E-state index in [4.69, 9.17) is 9.47 Å². The number of carbonyl (C=O) groups is 1. The Hall–Kier alpha value is -2.90. The monoisotopic (exact) mass is 423 g/mol. The van der Waals surface area contributed by atoms with Crippen LogP contribution < -0.4 is 20.1 Å². The topological polar surface area (TPSA) is 72.5 Å². The molecule has 3 aromatic rings. The van der Waals surface area contributed by atoms with Gasteiger partial charge in [0.05, 0.1) is 26.5 Å². The number of thiazole rings is 1. The van der Waals surface area contributed by atoms with Gasteiger partial charge in [-0.3, -0.25) is 4.79 Å². The first kappa shape index (κ1) is 20.4. The van der Waals surface area contributed by atoms with Crippen molar-refractivity contribution in [3.63, 3.8) is 0 Å². The molecule has 0 radical (unpaired) electrons. The quantitative estimate of drug-likeness (QED) is 0.530. The van der Waals surface area contributed by atoms with Crippen LogP contribution in [0.5, 0.6) is 11.5 Å². The number of ether oxygens (including phenoxy) is 2. The number of benzene rings is 2. The Morgan fingerprint density at radius 3 is 2.67 bits per heavy atom. The third-order valence-electron chi connectivity index (χ3n) is 5.17. The van der Waals surface area contributed by atoms with Crippen LogP contribution in [-0.4, -0.2) is 31.7 Å². The number of rotatable bonds is 9. The highest BCUT2D eigenvalue weighted by Crippen LogP contribution is 2.41. The molecule has 1 aliphatic carbocycles. The van der Waals surface area contributed by atoms with Crippen LogP contribution in [0.3, 0.4) is 0 Å². The van der Waals surface area contributed by atoms with Crippen LogP contribution in [-0.2, 0) is 4.79 Å². The number of nitrogens with one attached hydrogen (secondary N) is 2. The maximum atomic E-state index is 12.5. The molecule has 2 N–H and O–H groups in total. The number of amides is 1. The molecule has 1 fully saturated rings. The van der Waals surface area contributed by atoms with Gasteiger partial charge >= 0.3 is 0 Å². The molecule has 6 nitrogen and oxygen atoms in total. The second-order valence-electron chi connectivity index (χ2n) is 7.26. The fourth-order valence-corrected chi connectivity index (χ4v) is 4.20. The Morgan fingerprint density at radius 2 is 1.97 bits per heavy atom. The van der Waals surface area contributed by atoms with Crippen molar-refractivity contribution in [2.45, 2.75) is 18.9 Å². The van der Waals surface area contributed by atoms with Crippen LogP contribution in [0.25, 0.3) is 11.3 Å². The van der Waals surface area contributed by atoms with E-state index in [1.165, 1.54) is 29.7 Å². The largest absolute Gasteiger partial charge is 0.497 e. The van der Waals surface area contributed by atoms with Gasteiger partial charge in [0.2, 0.25) is 5.91 Å². The number of carbonyl (C=O) groups excluding carboxylic acids is 1. The fourth-order valence-electron chi connectivity index (χ4n) is 3.48. The molecule has 1 atom stereocenters. The minimum Gasteiger partial charge on any atom is -0.497 e. The maximum Gasteiger partial charge on any atom is 0.240 e. The highest BCUT2D eigenvalue weighted by molar-refractivity contribution is 7.14. The summed E-state index contributed by atoms with van der Waals surface area (Å²) in [6, 6.07) is 16.1.